The van der Waals surface area contributed by atoms with Crippen molar-refractivity contribution in [1.29, 1.82) is 0 Å². The first kappa shape index (κ1) is 24.5. The van der Waals surface area contributed by atoms with Crippen molar-refractivity contribution in [2.75, 3.05) is 4.90 Å². The number of hydrogen-bond donors (Lipinski definition) is 0. The van der Waals surface area contributed by atoms with Crippen LogP contribution < -0.4 is 4.90 Å². The van der Waals surface area contributed by atoms with Crippen LogP contribution in [0.25, 0.3) is 0 Å². The molecule has 1 saturated heterocycles. The number of carbonyl (C=O) groups excluding carboxylic acids is 3. The normalized spacial score (nSPS) is 19.3. The SMILES string of the molecule is Cc1ccc(N2C(=O)[C@H](N3C(=O)c4c(Cl)c(Cl)c(Cl)c(Cl)c4C3=O)[C@H]2c2cccc(Br)c2)cc1F. The van der Waals surface area contributed by atoms with Crippen LogP contribution >= 0.6 is 62.3 Å². The minimum Gasteiger partial charge on any atom is -0.300 e. The molecule has 3 aromatic rings. The number of β-lactam (4-membered cyclic amide) rings is 1. The van der Waals surface area contributed by atoms with Gasteiger partial charge in [0.2, 0.25) is 0 Å². The number of halogens is 6. The van der Waals surface area contributed by atoms with Gasteiger partial charge in [-0.05, 0) is 42.3 Å². The van der Waals surface area contributed by atoms with Crippen LogP contribution in [0.3, 0.4) is 0 Å². The van der Waals surface area contributed by atoms with Crippen molar-refractivity contribution in [2.45, 2.75) is 19.0 Å². The van der Waals surface area contributed by atoms with Gasteiger partial charge in [-0.3, -0.25) is 19.3 Å². The molecule has 1 fully saturated rings. The van der Waals surface area contributed by atoms with Crippen molar-refractivity contribution >= 4 is 85.7 Å². The Bertz CT molecular complexity index is 1430. The summed E-state index contributed by atoms with van der Waals surface area (Å²) in [6.07, 6.45) is 0. The van der Waals surface area contributed by atoms with Crippen LogP contribution in [0.5, 0.6) is 0 Å². The maximum Gasteiger partial charge on any atom is 0.264 e. The summed E-state index contributed by atoms with van der Waals surface area (Å²) in [6.45, 7) is 1.61. The first-order valence-corrected chi connectivity index (χ1v) is 12.4. The fraction of sp³-hybridized carbons (Fsp3) is 0.125. The number of amides is 3. The van der Waals surface area contributed by atoms with E-state index in [0.717, 1.165) is 9.37 Å². The maximum absolute atomic E-state index is 14.4. The number of rotatable bonds is 3. The molecule has 0 aromatic heterocycles. The smallest absolute Gasteiger partial charge is 0.264 e. The predicted octanol–water partition coefficient (Wildman–Crippen LogP) is 7.26. The number of nitrogens with zero attached hydrogens (tertiary/aromatic N) is 2. The molecule has 2 atom stereocenters. The summed E-state index contributed by atoms with van der Waals surface area (Å²) >= 11 is 28.1. The Morgan fingerprint density at radius 3 is 1.94 bits per heavy atom. The van der Waals surface area contributed by atoms with E-state index in [-0.39, 0.29) is 36.9 Å². The number of carbonyl (C=O) groups is 3. The lowest BCUT2D eigenvalue weighted by Gasteiger charge is -2.49. The maximum atomic E-state index is 14.4. The van der Waals surface area contributed by atoms with Crippen molar-refractivity contribution in [3.8, 4) is 0 Å². The zero-order chi connectivity index (χ0) is 25.3. The fourth-order valence-corrected chi connectivity index (χ4v) is 5.82. The molecule has 0 N–H and O–H groups in total. The Kier molecular flexibility index (Phi) is 6.13. The third-order valence-corrected chi connectivity index (χ3v) is 8.40. The van der Waals surface area contributed by atoms with Crippen molar-refractivity contribution in [1.82, 2.24) is 4.90 Å². The molecule has 178 valence electrons. The molecule has 5 rings (SSSR count). The minimum absolute atomic E-state index is 0.166. The number of anilines is 1. The number of aryl methyl sites for hydroxylation is 1. The van der Waals surface area contributed by atoms with Gasteiger partial charge in [0.15, 0.2) is 0 Å². The van der Waals surface area contributed by atoms with Crippen LogP contribution in [0.15, 0.2) is 46.9 Å². The average molecular weight is 617 g/mol. The topological polar surface area (TPSA) is 57.7 Å². The second-order valence-corrected chi connectivity index (χ2v) is 10.5. The molecule has 5 nitrogen and oxygen atoms in total. The highest BCUT2D eigenvalue weighted by atomic mass is 79.9. The Balaban J connectivity index is 1.65. The molecule has 0 aliphatic carbocycles. The molecule has 2 heterocycles. The lowest BCUT2D eigenvalue weighted by atomic mass is 9.86. The minimum atomic E-state index is -1.23. The molecule has 0 bridgehead atoms. The lowest BCUT2D eigenvalue weighted by Crippen LogP contribution is -2.67. The lowest BCUT2D eigenvalue weighted by molar-refractivity contribution is -0.130. The van der Waals surface area contributed by atoms with Crippen LogP contribution in [0.2, 0.25) is 20.1 Å². The molecule has 3 aromatic carbocycles. The van der Waals surface area contributed by atoms with Crippen LogP contribution in [-0.2, 0) is 4.79 Å². The third-order valence-electron chi connectivity index (χ3n) is 6.10. The highest BCUT2D eigenvalue weighted by Crippen LogP contribution is 2.49. The predicted molar refractivity (Wildman–Crippen MR) is 136 cm³/mol. The van der Waals surface area contributed by atoms with E-state index >= 15 is 0 Å². The third kappa shape index (κ3) is 3.59. The van der Waals surface area contributed by atoms with Crippen molar-refractivity contribution in [2.24, 2.45) is 0 Å². The van der Waals surface area contributed by atoms with E-state index < -0.39 is 35.6 Å². The summed E-state index contributed by atoms with van der Waals surface area (Å²) in [5.41, 5.74) is 0.900. The van der Waals surface area contributed by atoms with E-state index in [0.29, 0.717) is 11.1 Å². The summed E-state index contributed by atoms with van der Waals surface area (Å²) in [5, 5.41) is -0.777. The Labute approximate surface area is 227 Å². The van der Waals surface area contributed by atoms with Gasteiger partial charge in [-0.2, -0.15) is 0 Å². The molecular weight excluding hydrogens is 605 g/mol. The molecule has 11 heteroatoms. The van der Waals surface area contributed by atoms with E-state index in [1.54, 1.807) is 43.3 Å². The molecule has 0 unspecified atom stereocenters. The zero-order valence-electron chi connectivity index (χ0n) is 17.6. The zero-order valence-corrected chi connectivity index (χ0v) is 22.2. The molecule has 3 amide bonds. The van der Waals surface area contributed by atoms with Gasteiger partial charge in [0.05, 0.1) is 37.3 Å². The van der Waals surface area contributed by atoms with E-state index in [1.165, 1.54) is 11.0 Å². The van der Waals surface area contributed by atoms with Crippen molar-refractivity contribution in [3.63, 3.8) is 0 Å². The quantitative estimate of drug-likeness (QED) is 0.135. The molecule has 0 radical (unpaired) electrons. The Hall–Kier alpha value is -2.16. The average Bonchev–Trinajstić information content (AvgIpc) is 3.07. The number of imide groups is 1. The van der Waals surface area contributed by atoms with Gasteiger partial charge in [-0.1, -0.05) is 80.5 Å². The van der Waals surface area contributed by atoms with E-state index in [2.05, 4.69) is 15.9 Å². The van der Waals surface area contributed by atoms with Crippen LogP contribution in [0, 0.1) is 12.7 Å². The van der Waals surface area contributed by atoms with Crippen LogP contribution in [0.1, 0.15) is 37.9 Å². The van der Waals surface area contributed by atoms with E-state index in [4.69, 9.17) is 46.4 Å². The molecule has 0 saturated carbocycles. The van der Waals surface area contributed by atoms with Gasteiger partial charge in [0.1, 0.15) is 11.9 Å². The molecule has 0 spiro atoms. The van der Waals surface area contributed by atoms with Gasteiger partial charge in [-0.25, -0.2) is 4.39 Å². The molecule has 2 aliphatic heterocycles. The summed E-state index contributed by atoms with van der Waals surface area (Å²) < 4.78 is 15.1. The van der Waals surface area contributed by atoms with E-state index in [9.17, 15) is 18.8 Å². The van der Waals surface area contributed by atoms with Gasteiger partial charge >= 0.3 is 0 Å². The summed E-state index contributed by atoms with van der Waals surface area (Å²) in [7, 11) is 0. The molecular formula is C24H12BrCl4FN2O3. The number of hydrogen-bond acceptors (Lipinski definition) is 3. The second-order valence-electron chi connectivity index (χ2n) is 8.07. The van der Waals surface area contributed by atoms with Crippen LogP contribution in [-0.4, -0.2) is 28.7 Å². The fourth-order valence-electron chi connectivity index (χ4n) is 4.39. The Morgan fingerprint density at radius 2 is 1.40 bits per heavy atom. The first-order valence-electron chi connectivity index (χ1n) is 10.1. The Morgan fingerprint density at radius 1 is 0.800 bits per heavy atom. The van der Waals surface area contributed by atoms with Gasteiger partial charge in [-0.15, -0.1) is 0 Å². The van der Waals surface area contributed by atoms with Crippen molar-refractivity contribution < 1.29 is 18.8 Å². The van der Waals surface area contributed by atoms with Gasteiger partial charge in [0, 0.05) is 10.2 Å². The van der Waals surface area contributed by atoms with E-state index in [1.807, 2.05) is 0 Å². The largest absolute Gasteiger partial charge is 0.300 e. The summed E-state index contributed by atoms with van der Waals surface area (Å²) in [5.74, 6) is -2.69. The molecule has 2 aliphatic rings. The molecule has 35 heavy (non-hydrogen) atoms. The summed E-state index contributed by atoms with van der Waals surface area (Å²) in [6, 6.07) is 9.42. The van der Waals surface area contributed by atoms with Crippen LogP contribution in [0.4, 0.5) is 10.1 Å². The first-order chi connectivity index (χ1) is 16.5. The van der Waals surface area contributed by atoms with Gasteiger partial charge in [0.25, 0.3) is 17.7 Å². The highest BCUT2D eigenvalue weighted by molar-refractivity contribution is 9.10. The number of fused-ring (bicyclic) bond motifs is 1. The van der Waals surface area contributed by atoms with Crippen molar-refractivity contribution in [3.05, 3.63) is 95.1 Å². The second kappa shape index (κ2) is 8.75. The highest BCUT2D eigenvalue weighted by Gasteiger charge is 2.58. The standard InChI is InChI=1S/C24H12BrCl4FN2O3/c1-9-5-6-12(8-13(9)30)31-20(10-3-2-4-11(25)7-10)21(24(31)35)32-22(33)14-15(23(32)34)17(27)19(29)18(28)16(14)26/h2-8,20-21H,1H3/t20-,21-/m1/s1. The number of benzene rings is 3. The monoisotopic (exact) mass is 614 g/mol. The summed E-state index contributed by atoms with van der Waals surface area (Å²) in [4.78, 5) is 42.5. The van der Waals surface area contributed by atoms with Gasteiger partial charge < -0.3 is 4.90 Å².